The van der Waals surface area contributed by atoms with E-state index in [1.165, 1.54) is 0 Å². The van der Waals surface area contributed by atoms with E-state index in [2.05, 4.69) is 12.2 Å². The van der Waals surface area contributed by atoms with Crippen molar-refractivity contribution in [3.05, 3.63) is 28.3 Å². The first-order valence-corrected chi connectivity index (χ1v) is 6.93. The van der Waals surface area contributed by atoms with E-state index < -0.39 is 0 Å². The standard InChI is InChI=1S/C14H17ClN2O2/c1-7-2-3-19-14(7)13(16)9-4-8-5-12(18)17-11(8)6-10(9)15/h4,6-7,13-14H,2-3,5,16H2,1H3,(H,17,18). The van der Waals surface area contributed by atoms with Crippen LogP contribution in [0.1, 0.15) is 30.5 Å². The zero-order valence-electron chi connectivity index (χ0n) is 10.8. The van der Waals surface area contributed by atoms with Crippen LogP contribution in [0.15, 0.2) is 12.1 Å². The number of hydrogen-bond donors (Lipinski definition) is 2. The summed E-state index contributed by atoms with van der Waals surface area (Å²) in [6.07, 6.45) is 1.43. The summed E-state index contributed by atoms with van der Waals surface area (Å²) in [6, 6.07) is 3.48. The van der Waals surface area contributed by atoms with Crippen LogP contribution in [0.2, 0.25) is 5.02 Å². The van der Waals surface area contributed by atoms with Gasteiger partial charge in [0.2, 0.25) is 5.91 Å². The molecule has 0 aliphatic carbocycles. The first-order valence-electron chi connectivity index (χ1n) is 6.55. The van der Waals surface area contributed by atoms with Crippen molar-refractivity contribution in [2.45, 2.75) is 31.9 Å². The highest BCUT2D eigenvalue weighted by Gasteiger charge is 2.32. The molecule has 3 N–H and O–H groups in total. The van der Waals surface area contributed by atoms with Gasteiger partial charge in [-0.2, -0.15) is 0 Å². The molecule has 0 bridgehead atoms. The fourth-order valence-electron chi connectivity index (χ4n) is 2.88. The number of amides is 1. The quantitative estimate of drug-likeness (QED) is 0.873. The maximum absolute atomic E-state index is 11.4. The lowest BCUT2D eigenvalue weighted by atomic mass is 9.92. The molecule has 0 saturated carbocycles. The van der Waals surface area contributed by atoms with Gasteiger partial charge in [0.1, 0.15) is 0 Å². The van der Waals surface area contributed by atoms with E-state index in [0.717, 1.165) is 29.8 Å². The van der Waals surface area contributed by atoms with Crippen molar-refractivity contribution >= 4 is 23.2 Å². The van der Waals surface area contributed by atoms with Crippen LogP contribution in [0.3, 0.4) is 0 Å². The third-order valence-corrected chi connectivity index (χ3v) is 4.33. The number of nitrogens with two attached hydrogens (primary N) is 1. The Morgan fingerprint density at radius 2 is 2.32 bits per heavy atom. The topological polar surface area (TPSA) is 64.3 Å². The molecule has 2 aliphatic heterocycles. The highest BCUT2D eigenvalue weighted by Crippen LogP contribution is 2.36. The van der Waals surface area contributed by atoms with Crippen molar-refractivity contribution in [2.75, 3.05) is 11.9 Å². The lowest BCUT2D eigenvalue weighted by Gasteiger charge is -2.24. The second-order valence-electron chi connectivity index (χ2n) is 5.38. The number of carbonyl (C=O) groups excluding carboxylic acids is 1. The highest BCUT2D eigenvalue weighted by atomic mass is 35.5. The molecule has 0 radical (unpaired) electrons. The summed E-state index contributed by atoms with van der Waals surface area (Å²) in [5.74, 6) is 0.432. The summed E-state index contributed by atoms with van der Waals surface area (Å²) in [7, 11) is 0. The smallest absolute Gasteiger partial charge is 0.228 e. The van der Waals surface area contributed by atoms with Gasteiger partial charge < -0.3 is 15.8 Å². The summed E-state index contributed by atoms with van der Waals surface area (Å²) in [5, 5.41) is 3.38. The van der Waals surface area contributed by atoms with Gasteiger partial charge >= 0.3 is 0 Å². The zero-order valence-corrected chi connectivity index (χ0v) is 11.5. The van der Waals surface area contributed by atoms with E-state index in [-0.39, 0.29) is 18.1 Å². The largest absolute Gasteiger partial charge is 0.376 e. The van der Waals surface area contributed by atoms with Gasteiger partial charge in [-0.1, -0.05) is 24.6 Å². The third-order valence-electron chi connectivity index (χ3n) is 4.01. The zero-order chi connectivity index (χ0) is 13.6. The summed E-state index contributed by atoms with van der Waals surface area (Å²) in [4.78, 5) is 11.4. The van der Waals surface area contributed by atoms with Gasteiger partial charge in [-0.25, -0.2) is 0 Å². The predicted molar refractivity (Wildman–Crippen MR) is 74.2 cm³/mol. The molecule has 2 aliphatic rings. The maximum atomic E-state index is 11.4. The number of fused-ring (bicyclic) bond motifs is 1. The van der Waals surface area contributed by atoms with Gasteiger partial charge in [-0.05, 0) is 29.5 Å². The van der Waals surface area contributed by atoms with Crippen molar-refractivity contribution in [1.29, 1.82) is 0 Å². The number of carbonyl (C=O) groups is 1. The van der Waals surface area contributed by atoms with Crippen molar-refractivity contribution in [2.24, 2.45) is 11.7 Å². The van der Waals surface area contributed by atoms with Crippen LogP contribution in [0.4, 0.5) is 5.69 Å². The van der Waals surface area contributed by atoms with Crippen LogP contribution in [-0.4, -0.2) is 18.6 Å². The van der Waals surface area contributed by atoms with Crippen LogP contribution < -0.4 is 11.1 Å². The maximum Gasteiger partial charge on any atom is 0.228 e. The van der Waals surface area contributed by atoms with Gasteiger partial charge in [-0.15, -0.1) is 0 Å². The lowest BCUT2D eigenvalue weighted by molar-refractivity contribution is -0.115. The normalized spacial score (nSPS) is 27.2. The monoisotopic (exact) mass is 280 g/mol. The highest BCUT2D eigenvalue weighted by molar-refractivity contribution is 6.32. The minimum Gasteiger partial charge on any atom is -0.376 e. The molecule has 1 fully saturated rings. The van der Waals surface area contributed by atoms with Crippen LogP contribution >= 0.6 is 11.6 Å². The van der Waals surface area contributed by atoms with E-state index in [1.54, 1.807) is 6.07 Å². The minimum atomic E-state index is -0.244. The molecule has 1 aromatic rings. The average molecular weight is 281 g/mol. The molecule has 1 saturated heterocycles. The summed E-state index contributed by atoms with van der Waals surface area (Å²) in [6.45, 7) is 2.89. The molecule has 4 nitrogen and oxygen atoms in total. The van der Waals surface area contributed by atoms with E-state index in [0.29, 0.717) is 17.4 Å². The molecule has 2 heterocycles. The van der Waals surface area contributed by atoms with Crippen molar-refractivity contribution in [3.63, 3.8) is 0 Å². The molecule has 3 rings (SSSR count). The fraction of sp³-hybridized carbons (Fsp3) is 0.500. The van der Waals surface area contributed by atoms with Crippen LogP contribution in [0, 0.1) is 5.92 Å². The fourth-order valence-corrected chi connectivity index (χ4v) is 3.17. The molecule has 1 amide bonds. The lowest BCUT2D eigenvalue weighted by Crippen LogP contribution is -2.30. The van der Waals surface area contributed by atoms with E-state index >= 15 is 0 Å². The molecule has 3 unspecified atom stereocenters. The first-order chi connectivity index (χ1) is 9.06. The molecule has 102 valence electrons. The molecule has 19 heavy (non-hydrogen) atoms. The van der Waals surface area contributed by atoms with E-state index in [4.69, 9.17) is 22.1 Å². The Morgan fingerprint density at radius 3 is 3.00 bits per heavy atom. The number of nitrogens with one attached hydrogen (secondary N) is 1. The number of anilines is 1. The molecule has 5 heteroatoms. The average Bonchev–Trinajstić information content (AvgIpc) is 2.92. The summed E-state index contributed by atoms with van der Waals surface area (Å²) in [5.41, 5.74) is 8.94. The Morgan fingerprint density at radius 1 is 1.53 bits per heavy atom. The summed E-state index contributed by atoms with van der Waals surface area (Å²) >= 11 is 6.29. The molecular weight excluding hydrogens is 264 g/mol. The SMILES string of the molecule is CC1CCOC1C(N)c1cc2c(cc1Cl)NC(=O)C2. The number of rotatable bonds is 2. The molecular formula is C14H17ClN2O2. The van der Waals surface area contributed by atoms with Crippen LogP contribution in [-0.2, 0) is 16.0 Å². The molecule has 0 aromatic heterocycles. The van der Waals surface area contributed by atoms with Gasteiger partial charge in [0.25, 0.3) is 0 Å². The van der Waals surface area contributed by atoms with Gasteiger partial charge in [-0.3, -0.25) is 4.79 Å². The van der Waals surface area contributed by atoms with Gasteiger partial charge in [0, 0.05) is 17.3 Å². The first kappa shape index (κ1) is 12.9. The second-order valence-corrected chi connectivity index (χ2v) is 5.79. The Kier molecular flexibility index (Phi) is 3.25. The number of hydrogen-bond acceptors (Lipinski definition) is 3. The van der Waals surface area contributed by atoms with Crippen LogP contribution in [0.25, 0.3) is 0 Å². The van der Waals surface area contributed by atoms with Gasteiger partial charge in [0.15, 0.2) is 0 Å². The number of ether oxygens (including phenoxy) is 1. The van der Waals surface area contributed by atoms with Crippen molar-refractivity contribution < 1.29 is 9.53 Å². The minimum absolute atomic E-state index is 0.000568. The Labute approximate surface area is 117 Å². The summed E-state index contributed by atoms with van der Waals surface area (Å²) < 4.78 is 5.71. The van der Waals surface area contributed by atoms with Crippen molar-refractivity contribution in [3.8, 4) is 0 Å². The number of halogens is 1. The third kappa shape index (κ3) is 2.24. The van der Waals surface area contributed by atoms with Crippen LogP contribution in [0.5, 0.6) is 0 Å². The van der Waals surface area contributed by atoms with Crippen molar-refractivity contribution in [1.82, 2.24) is 0 Å². The van der Waals surface area contributed by atoms with E-state index in [1.807, 2.05) is 6.07 Å². The van der Waals surface area contributed by atoms with Gasteiger partial charge in [0.05, 0.1) is 18.6 Å². The Hall–Kier alpha value is -1.10. The van der Waals surface area contributed by atoms with E-state index in [9.17, 15) is 4.79 Å². The molecule has 3 atom stereocenters. The predicted octanol–water partition coefficient (Wildman–Crippen LogP) is 2.26. The Bertz CT molecular complexity index is 532. The second kappa shape index (κ2) is 4.78. The number of benzene rings is 1. The Balaban J connectivity index is 1.93. The molecule has 1 aromatic carbocycles. The molecule has 0 spiro atoms.